The molecule has 0 aliphatic carbocycles. The molecule has 0 aromatic heterocycles. The van der Waals surface area contributed by atoms with Gasteiger partial charge in [-0.2, -0.15) is 0 Å². The van der Waals surface area contributed by atoms with Crippen molar-refractivity contribution < 1.29 is 4.57 Å². The molecule has 0 spiro atoms. The van der Waals surface area contributed by atoms with Crippen LogP contribution in [0.1, 0.15) is 0 Å². The quantitative estimate of drug-likeness (QED) is 0.487. The fraction of sp³-hybridized carbons (Fsp3) is 0. The molecule has 0 bridgehead atoms. The third-order valence-corrected chi connectivity index (χ3v) is 5.63. The highest BCUT2D eigenvalue weighted by atomic mass is 31.1. The van der Waals surface area contributed by atoms with Crippen molar-refractivity contribution in [2.45, 2.75) is 0 Å². The topological polar surface area (TPSA) is 17.1 Å². The lowest BCUT2D eigenvalue weighted by molar-refractivity contribution is 0.598. The van der Waals surface area contributed by atoms with Gasteiger partial charge in [-0.3, -0.25) is 0 Å². The molecule has 104 valence electrons. The Bertz CT molecular complexity index is 913. The van der Waals surface area contributed by atoms with Gasteiger partial charge >= 0.3 is 7.80 Å². The number of rotatable bonds is 2. The van der Waals surface area contributed by atoms with Crippen LogP contribution in [0, 0.1) is 0 Å². The van der Waals surface area contributed by atoms with Crippen molar-refractivity contribution in [1.29, 1.82) is 0 Å². The summed E-state index contributed by atoms with van der Waals surface area (Å²) in [6.45, 7) is 0. The summed E-state index contributed by atoms with van der Waals surface area (Å²) >= 11 is 0. The molecule has 22 heavy (non-hydrogen) atoms. The molecule has 0 N–H and O–H groups in total. The van der Waals surface area contributed by atoms with Gasteiger partial charge in [-0.25, -0.2) is 0 Å². The van der Waals surface area contributed by atoms with Gasteiger partial charge in [0.2, 0.25) is 10.6 Å². The summed E-state index contributed by atoms with van der Waals surface area (Å²) in [5.41, 5.74) is 0. The summed E-state index contributed by atoms with van der Waals surface area (Å²) in [5.74, 6) is 0. The van der Waals surface area contributed by atoms with Crippen LogP contribution in [0.2, 0.25) is 0 Å². The first-order valence-electron chi connectivity index (χ1n) is 7.27. The average molecular weight is 301 g/mol. The molecule has 4 rings (SSSR count). The van der Waals surface area contributed by atoms with Crippen LogP contribution in [0.15, 0.2) is 84.9 Å². The minimum atomic E-state index is -1.62. The molecule has 0 unspecified atom stereocenters. The molecular formula is C20H14OP+. The van der Waals surface area contributed by atoms with Crippen LogP contribution in [0.5, 0.6) is 0 Å². The highest BCUT2D eigenvalue weighted by Crippen LogP contribution is 2.28. The summed E-state index contributed by atoms with van der Waals surface area (Å²) in [6, 6.07) is 28.3. The van der Waals surface area contributed by atoms with E-state index in [4.69, 9.17) is 0 Å². The Morgan fingerprint density at radius 2 is 0.909 bits per heavy atom. The van der Waals surface area contributed by atoms with Crippen molar-refractivity contribution in [1.82, 2.24) is 0 Å². The van der Waals surface area contributed by atoms with Gasteiger partial charge in [0.1, 0.15) is 0 Å². The first-order chi connectivity index (χ1) is 10.8. The van der Waals surface area contributed by atoms with E-state index in [1.807, 2.05) is 60.7 Å². The molecule has 0 aliphatic rings. The van der Waals surface area contributed by atoms with Crippen molar-refractivity contribution in [2.75, 3.05) is 0 Å². The van der Waals surface area contributed by atoms with Crippen LogP contribution in [-0.2, 0) is 4.57 Å². The van der Waals surface area contributed by atoms with Gasteiger partial charge in [0.25, 0.3) is 0 Å². The highest BCUT2D eigenvalue weighted by Gasteiger charge is 2.27. The van der Waals surface area contributed by atoms with E-state index in [9.17, 15) is 4.57 Å². The molecule has 0 atom stereocenters. The summed E-state index contributed by atoms with van der Waals surface area (Å²) in [6.07, 6.45) is 0. The second kappa shape index (κ2) is 5.36. The standard InChI is InChI=1S/C20H14OP/c21-22(19-13-5-9-15-7-1-3-11-17(15)19)20-14-6-10-16-8-2-4-12-18(16)20/h1-14H/q+1. The zero-order valence-electron chi connectivity index (χ0n) is 11.9. The van der Waals surface area contributed by atoms with E-state index in [1.54, 1.807) is 0 Å². The largest absolute Gasteiger partial charge is 0.416 e. The summed E-state index contributed by atoms with van der Waals surface area (Å²) in [7, 11) is -1.62. The van der Waals surface area contributed by atoms with Crippen LogP contribution in [0.3, 0.4) is 0 Å². The van der Waals surface area contributed by atoms with Gasteiger partial charge in [0.05, 0.1) is 0 Å². The van der Waals surface area contributed by atoms with Crippen LogP contribution in [0.25, 0.3) is 21.5 Å². The van der Waals surface area contributed by atoms with Crippen LogP contribution in [-0.4, -0.2) is 0 Å². The molecule has 0 saturated heterocycles. The van der Waals surface area contributed by atoms with Crippen molar-refractivity contribution in [3.05, 3.63) is 84.9 Å². The summed E-state index contributed by atoms with van der Waals surface area (Å²) in [5, 5.41) is 6.21. The maximum absolute atomic E-state index is 13.2. The van der Waals surface area contributed by atoms with Crippen molar-refractivity contribution >= 4 is 40.0 Å². The number of benzene rings is 4. The lowest BCUT2D eigenvalue weighted by atomic mass is 10.1. The lowest BCUT2D eigenvalue weighted by Crippen LogP contribution is -2.08. The number of hydrogen-bond donors (Lipinski definition) is 0. The number of hydrogen-bond acceptors (Lipinski definition) is 1. The molecule has 0 amide bonds. The maximum Gasteiger partial charge on any atom is 0.416 e. The maximum atomic E-state index is 13.2. The molecular weight excluding hydrogens is 287 g/mol. The van der Waals surface area contributed by atoms with Gasteiger partial charge in [-0.1, -0.05) is 65.2 Å². The van der Waals surface area contributed by atoms with E-state index >= 15 is 0 Å². The summed E-state index contributed by atoms with van der Waals surface area (Å²) in [4.78, 5) is 0. The third kappa shape index (κ3) is 2.11. The second-order valence-corrected chi connectivity index (χ2v) is 6.84. The Morgan fingerprint density at radius 1 is 0.500 bits per heavy atom. The Kier molecular flexibility index (Phi) is 3.21. The Hall–Kier alpha value is -2.50. The minimum Gasteiger partial charge on any atom is -0.0616 e. The van der Waals surface area contributed by atoms with E-state index in [0.29, 0.717) is 0 Å². The Morgan fingerprint density at radius 3 is 1.41 bits per heavy atom. The normalized spacial score (nSPS) is 10.9. The van der Waals surface area contributed by atoms with Crippen LogP contribution in [0.4, 0.5) is 0 Å². The van der Waals surface area contributed by atoms with Crippen LogP contribution >= 0.6 is 7.80 Å². The van der Waals surface area contributed by atoms with Crippen LogP contribution < -0.4 is 10.6 Å². The van der Waals surface area contributed by atoms with Gasteiger partial charge in [0.15, 0.2) is 0 Å². The minimum absolute atomic E-state index is 0.907. The van der Waals surface area contributed by atoms with E-state index in [0.717, 1.165) is 32.2 Å². The summed E-state index contributed by atoms with van der Waals surface area (Å²) < 4.78 is 13.2. The van der Waals surface area contributed by atoms with Crippen molar-refractivity contribution in [3.8, 4) is 0 Å². The average Bonchev–Trinajstić information content (AvgIpc) is 2.60. The van der Waals surface area contributed by atoms with Crippen molar-refractivity contribution in [3.63, 3.8) is 0 Å². The predicted molar refractivity (Wildman–Crippen MR) is 94.8 cm³/mol. The number of fused-ring (bicyclic) bond motifs is 2. The third-order valence-electron chi connectivity index (χ3n) is 3.97. The SMILES string of the molecule is O=[P+](c1cccc2ccccc12)c1cccc2ccccc12. The monoisotopic (exact) mass is 301 g/mol. The molecule has 0 aliphatic heterocycles. The van der Waals surface area contributed by atoms with Gasteiger partial charge in [-0.05, 0) is 35.0 Å². The zero-order valence-corrected chi connectivity index (χ0v) is 12.8. The fourth-order valence-electron chi connectivity index (χ4n) is 2.90. The predicted octanol–water partition coefficient (Wildman–Crippen LogP) is 4.77. The molecule has 0 fully saturated rings. The second-order valence-electron chi connectivity index (χ2n) is 5.29. The van der Waals surface area contributed by atoms with E-state index in [2.05, 4.69) is 24.3 Å². The molecule has 0 heterocycles. The molecule has 2 heteroatoms. The zero-order chi connectivity index (χ0) is 14.9. The highest BCUT2D eigenvalue weighted by molar-refractivity contribution is 7.62. The van der Waals surface area contributed by atoms with Gasteiger partial charge in [-0.15, -0.1) is 0 Å². The van der Waals surface area contributed by atoms with E-state index < -0.39 is 7.80 Å². The van der Waals surface area contributed by atoms with Gasteiger partial charge < -0.3 is 0 Å². The molecule has 0 radical (unpaired) electrons. The molecule has 4 aromatic carbocycles. The van der Waals surface area contributed by atoms with Gasteiger partial charge in [0, 0.05) is 10.8 Å². The Balaban J connectivity index is 1.97. The van der Waals surface area contributed by atoms with E-state index in [1.165, 1.54) is 0 Å². The lowest BCUT2D eigenvalue weighted by Gasteiger charge is -2.00. The molecule has 1 nitrogen and oxygen atoms in total. The first-order valence-corrected chi connectivity index (χ1v) is 8.53. The van der Waals surface area contributed by atoms with Crippen molar-refractivity contribution in [2.24, 2.45) is 0 Å². The first kappa shape index (κ1) is 13.2. The smallest absolute Gasteiger partial charge is 0.0616 e. The molecule has 4 aromatic rings. The fourth-order valence-corrected chi connectivity index (χ4v) is 4.45. The van der Waals surface area contributed by atoms with E-state index in [-0.39, 0.29) is 0 Å². The Labute approximate surface area is 130 Å². The molecule has 0 saturated carbocycles.